The third-order valence-electron chi connectivity index (χ3n) is 3.55. The number of aliphatic carboxylic acids is 1. The van der Waals surface area contributed by atoms with Crippen LogP contribution in [0, 0.1) is 0 Å². The van der Waals surface area contributed by atoms with Crippen molar-refractivity contribution in [3.63, 3.8) is 0 Å². The van der Waals surface area contributed by atoms with Gasteiger partial charge in [0.25, 0.3) is 0 Å². The fourth-order valence-electron chi connectivity index (χ4n) is 2.52. The summed E-state index contributed by atoms with van der Waals surface area (Å²) >= 11 is 0. The summed E-state index contributed by atoms with van der Waals surface area (Å²) in [6.07, 6.45) is 6.79. The zero-order valence-corrected chi connectivity index (χ0v) is 12.0. The van der Waals surface area contributed by atoms with E-state index in [0.29, 0.717) is 0 Å². The second-order valence-electron chi connectivity index (χ2n) is 4.97. The van der Waals surface area contributed by atoms with Crippen LogP contribution < -0.4 is 0 Å². The SMILES string of the molecule is CCCCCN(C)C(CCC)(CCC)C(=O)O. The molecule has 0 amide bonds. The van der Waals surface area contributed by atoms with Crippen molar-refractivity contribution in [1.82, 2.24) is 4.90 Å². The molecule has 0 unspecified atom stereocenters. The molecule has 3 heteroatoms. The van der Waals surface area contributed by atoms with E-state index in [1.165, 1.54) is 12.8 Å². The topological polar surface area (TPSA) is 40.5 Å². The monoisotopic (exact) mass is 243 g/mol. The molecule has 0 aromatic heterocycles. The highest BCUT2D eigenvalue weighted by atomic mass is 16.4. The molecule has 0 saturated carbocycles. The lowest BCUT2D eigenvalue weighted by Gasteiger charge is -2.38. The van der Waals surface area contributed by atoms with Gasteiger partial charge in [0.15, 0.2) is 0 Å². The Bertz CT molecular complexity index is 210. The lowest BCUT2D eigenvalue weighted by Crippen LogP contribution is -2.53. The molecule has 0 aliphatic carbocycles. The molecular weight excluding hydrogens is 214 g/mol. The van der Waals surface area contributed by atoms with E-state index in [4.69, 9.17) is 0 Å². The molecule has 0 heterocycles. The van der Waals surface area contributed by atoms with E-state index in [0.717, 1.165) is 38.6 Å². The minimum atomic E-state index is -0.653. The highest BCUT2D eigenvalue weighted by Gasteiger charge is 2.40. The Morgan fingerprint density at radius 3 is 1.94 bits per heavy atom. The maximum Gasteiger partial charge on any atom is 0.324 e. The average Bonchev–Trinajstić information content (AvgIpc) is 2.28. The molecule has 0 saturated heterocycles. The quantitative estimate of drug-likeness (QED) is 0.597. The van der Waals surface area contributed by atoms with Crippen molar-refractivity contribution in [1.29, 1.82) is 0 Å². The van der Waals surface area contributed by atoms with E-state index in [2.05, 4.69) is 25.7 Å². The molecule has 0 aliphatic heterocycles. The van der Waals surface area contributed by atoms with Crippen molar-refractivity contribution in [2.24, 2.45) is 0 Å². The van der Waals surface area contributed by atoms with Crippen LogP contribution in [0.25, 0.3) is 0 Å². The lowest BCUT2D eigenvalue weighted by atomic mass is 9.87. The predicted molar refractivity (Wildman–Crippen MR) is 72.3 cm³/mol. The normalized spacial score (nSPS) is 12.1. The second kappa shape index (κ2) is 8.51. The van der Waals surface area contributed by atoms with Crippen LogP contribution in [-0.2, 0) is 4.79 Å². The Labute approximate surface area is 106 Å². The largest absolute Gasteiger partial charge is 0.480 e. The maximum absolute atomic E-state index is 11.6. The summed E-state index contributed by atoms with van der Waals surface area (Å²) in [6.45, 7) is 7.18. The molecular formula is C14H29NO2. The first-order valence-electron chi connectivity index (χ1n) is 6.99. The Balaban J connectivity index is 4.67. The number of rotatable bonds is 10. The summed E-state index contributed by atoms with van der Waals surface area (Å²) in [7, 11) is 1.97. The molecule has 0 bridgehead atoms. The number of carbonyl (C=O) groups is 1. The first-order chi connectivity index (χ1) is 8.05. The van der Waals surface area contributed by atoms with Crippen molar-refractivity contribution in [2.45, 2.75) is 71.3 Å². The number of unbranched alkanes of at least 4 members (excludes halogenated alkanes) is 2. The Morgan fingerprint density at radius 1 is 1.06 bits per heavy atom. The minimum absolute atomic E-state index is 0.642. The smallest absolute Gasteiger partial charge is 0.324 e. The Kier molecular flexibility index (Phi) is 8.23. The van der Waals surface area contributed by atoms with Crippen LogP contribution in [0.2, 0.25) is 0 Å². The summed E-state index contributed by atoms with van der Waals surface area (Å²) in [4.78, 5) is 13.7. The molecule has 0 spiro atoms. The van der Waals surface area contributed by atoms with Gasteiger partial charge in [-0.3, -0.25) is 9.69 Å². The number of carboxylic acid groups (broad SMARTS) is 1. The molecule has 17 heavy (non-hydrogen) atoms. The van der Waals surface area contributed by atoms with Gasteiger partial charge in [-0.05, 0) is 32.9 Å². The molecule has 0 atom stereocenters. The molecule has 3 nitrogen and oxygen atoms in total. The van der Waals surface area contributed by atoms with Crippen LogP contribution in [0.5, 0.6) is 0 Å². The standard InChI is InChI=1S/C14H29NO2/c1-5-8-9-12-15(4)14(10-6-2,11-7-3)13(16)17/h5-12H2,1-4H3,(H,16,17). The molecule has 0 aliphatic rings. The Hall–Kier alpha value is -0.570. The molecule has 0 aromatic rings. The first kappa shape index (κ1) is 16.4. The molecule has 102 valence electrons. The van der Waals surface area contributed by atoms with Gasteiger partial charge in [-0.1, -0.05) is 46.5 Å². The first-order valence-corrected chi connectivity index (χ1v) is 6.99. The second-order valence-corrected chi connectivity index (χ2v) is 4.97. The lowest BCUT2D eigenvalue weighted by molar-refractivity contribution is -0.152. The van der Waals surface area contributed by atoms with Gasteiger partial charge in [-0.25, -0.2) is 0 Å². The van der Waals surface area contributed by atoms with E-state index in [-0.39, 0.29) is 0 Å². The van der Waals surface area contributed by atoms with Crippen LogP contribution in [0.1, 0.15) is 65.7 Å². The van der Waals surface area contributed by atoms with Crippen LogP contribution in [-0.4, -0.2) is 35.1 Å². The highest BCUT2D eigenvalue weighted by Crippen LogP contribution is 2.27. The molecule has 0 radical (unpaired) electrons. The molecule has 1 N–H and O–H groups in total. The summed E-state index contributed by atoms with van der Waals surface area (Å²) in [5, 5.41) is 9.57. The number of hydrogen-bond donors (Lipinski definition) is 1. The van der Waals surface area contributed by atoms with Gasteiger partial charge in [0.2, 0.25) is 0 Å². The number of likely N-dealkylation sites (N-methyl/N-ethyl adjacent to an activating group) is 1. The predicted octanol–water partition coefficient (Wildman–Crippen LogP) is 3.53. The van der Waals surface area contributed by atoms with Crippen LogP contribution in [0.4, 0.5) is 0 Å². The molecule has 0 aromatic carbocycles. The van der Waals surface area contributed by atoms with E-state index >= 15 is 0 Å². The third-order valence-corrected chi connectivity index (χ3v) is 3.55. The number of nitrogens with zero attached hydrogens (tertiary/aromatic N) is 1. The van der Waals surface area contributed by atoms with Crippen LogP contribution in [0.3, 0.4) is 0 Å². The van der Waals surface area contributed by atoms with E-state index in [1.807, 2.05) is 7.05 Å². The summed E-state index contributed by atoms with van der Waals surface area (Å²) in [5.74, 6) is -0.653. The zero-order valence-electron chi connectivity index (χ0n) is 12.0. The zero-order chi connectivity index (χ0) is 13.3. The average molecular weight is 243 g/mol. The number of hydrogen-bond acceptors (Lipinski definition) is 2. The van der Waals surface area contributed by atoms with E-state index < -0.39 is 11.5 Å². The van der Waals surface area contributed by atoms with Gasteiger partial charge >= 0.3 is 5.97 Å². The number of carboxylic acids is 1. The van der Waals surface area contributed by atoms with Gasteiger partial charge in [0.05, 0.1) is 0 Å². The van der Waals surface area contributed by atoms with Gasteiger partial charge in [-0.2, -0.15) is 0 Å². The Morgan fingerprint density at radius 2 is 1.59 bits per heavy atom. The molecule has 0 fully saturated rings. The van der Waals surface area contributed by atoms with Crippen molar-refractivity contribution < 1.29 is 9.90 Å². The van der Waals surface area contributed by atoms with Crippen molar-refractivity contribution in [2.75, 3.05) is 13.6 Å². The van der Waals surface area contributed by atoms with E-state index in [9.17, 15) is 9.90 Å². The highest BCUT2D eigenvalue weighted by molar-refractivity contribution is 5.78. The summed E-state index contributed by atoms with van der Waals surface area (Å²) in [5.41, 5.74) is -0.642. The van der Waals surface area contributed by atoms with Crippen LogP contribution in [0.15, 0.2) is 0 Å². The molecule has 0 rings (SSSR count). The fourth-order valence-corrected chi connectivity index (χ4v) is 2.52. The maximum atomic E-state index is 11.6. The summed E-state index contributed by atoms with van der Waals surface area (Å²) < 4.78 is 0. The fraction of sp³-hybridized carbons (Fsp3) is 0.929. The summed E-state index contributed by atoms with van der Waals surface area (Å²) in [6, 6.07) is 0. The van der Waals surface area contributed by atoms with Crippen LogP contribution >= 0.6 is 0 Å². The third kappa shape index (κ3) is 4.66. The minimum Gasteiger partial charge on any atom is -0.480 e. The van der Waals surface area contributed by atoms with Gasteiger partial charge in [-0.15, -0.1) is 0 Å². The van der Waals surface area contributed by atoms with Gasteiger partial charge in [0, 0.05) is 0 Å². The van der Waals surface area contributed by atoms with Gasteiger partial charge < -0.3 is 5.11 Å². The van der Waals surface area contributed by atoms with Crippen molar-refractivity contribution in [3.8, 4) is 0 Å². The van der Waals surface area contributed by atoms with E-state index in [1.54, 1.807) is 0 Å². The van der Waals surface area contributed by atoms with Gasteiger partial charge in [0.1, 0.15) is 5.54 Å². The van der Waals surface area contributed by atoms with Crippen molar-refractivity contribution >= 4 is 5.97 Å². The van der Waals surface area contributed by atoms with Crippen molar-refractivity contribution in [3.05, 3.63) is 0 Å².